The second kappa shape index (κ2) is 6.70. The molecule has 0 aliphatic rings. The molecule has 0 bridgehead atoms. The molecule has 6 heteroatoms. The Bertz CT molecular complexity index is 474. The largest absolute Gasteiger partial charge is 0.383 e. The third kappa shape index (κ3) is 3.43. The third-order valence-corrected chi connectivity index (χ3v) is 4.35. The summed E-state index contributed by atoms with van der Waals surface area (Å²) in [7, 11) is -1.92. The van der Waals surface area contributed by atoms with Gasteiger partial charge in [0.1, 0.15) is 0 Å². The fourth-order valence-corrected chi connectivity index (χ4v) is 2.90. The van der Waals surface area contributed by atoms with Crippen LogP contribution in [0, 0.1) is 0 Å². The Hall–Kier alpha value is -1.14. The van der Waals surface area contributed by atoms with Crippen LogP contribution in [-0.4, -0.2) is 37.8 Å². The molecular formula is C12H21N3O2S. The van der Waals surface area contributed by atoms with Crippen molar-refractivity contribution >= 4 is 15.7 Å². The van der Waals surface area contributed by atoms with Gasteiger partial charge in [0.25, 0.3) is 10.0 Å². The van der Waals surface area contributed by atoms with Crippen LogP contribution in [0.15, 0.2) is 23.4 Å². The molecule has 0 amide bonds. The summed E-state index contributed by atoms with van der Waals surface area (Å²) >= 11 is 0. The first kappa shape index (κ1) is 14.9. The van der Waals surface area contributed by atoms with E-state index in [1.54, 1.807) is 19.2 Å². The molecule has 0 aromatic carbocycles. The molecular weight excluding hydrogens is 250 g/mol. The van der Waals surface area contributed by atoms with Crippen molar-refractivity contribution in [3.63, 3.8) is 0 Å². The van der Waals surface area contributed by atoms with Crippen molar-refractivity contribution in [2.75, 3.05) is 25.5 Å². The van der Waals surface area contributed by atoms with Crippen LogP contribution in [0.1, 0.15) is 26.7 Å². The lowest BCUT2D eigenvalue weighted by atomic mass is 10.4. The molecule has 1 heterocycles. The van der Waals surface area contributed by atoms with E-state index < -0.39 is 10.0 Å². The monoisotopic (exact) mass is 271 g/mol. The summed E-state index contributed by atoms with van der Waals surface area (Å²) in [5, 5.41) is 3.20. The van der Waals surface area contributed by atoms with Crippen LogP contribution in [0.2, 0.25) is 0 Å². The van der Waals surface area contributed by atoms with Crippen LogP contribution < -0.4 is 5.32 Å². The maximum atomic E-state index is 12.3. The van der Waals surface area contributed by atoms with Gasteiger partial charge in [-0.3, -0.25) is 0 Å². The maximum Gasteiger partial charge on any atom is 0.262 e. The van der Waals surface area contributed by atoms with Crippen molar-refractivity contribution in [2.45, 2.75) is 31.7 Å². The zero-order valence-electron chi connectivity index (χ0n) is 11.2. The van der Waals surface area contributed by atoms with E-state index in [-0.39, 0.29) is 5.03 Å². The molecule has 5 nitrogen and oxygen atoms in total. The van der Waals surface area contributed by atoms with Crippen LogP contribution in [0.3, 0.4) is 0 Å². The first-order valence-corrected chi connectivity index (χ1v) is 7.63. The Labute approximate surface area is 109 Å². The number of hydrogen-bond acceptors (Lipinski definition) is 4. The molecule has 0 aliphatic heterocycles. The van der Waals surface area contributed by atoms with Crippen molar-refractivity contribution in [2.24, 2.45) is 0 Å². The van der Waals surface area contributed by atoms with Gasteiger partial charge in [-0.1, -0.05) is 13.8 Å². The van der Waals surface area contributed by atoms with Crippen LogP contribution in [0.5, 0.6) is 0 Å². The molecule has 18 heavy (non-hydrogen) atoms. The number of hydrogen-bond donors (Lipinski definition) is 1. The number of anilines is 1. The van der Waals surface area contributed by atoms with Gasteiger partial charge in [0.05, 0.1) is 5.69 Å². The fourth-order valence-electron chi connectivity index (χ4n) is 1.57. The second-order valence-corrected chi connectivity index (χ2v) is 6.07. The predicted octanol–water partition coefficient (Wildman–Crippen LogP) is 1.93. The van der Waals surface area contributed by atoms with Crippen LogP contribution >= 0.6 is 0 Å². The smallest absolute Gasteiger partial charge is 0.262 e. The number of nitrogens with one attached hydrogen (secondary N) is 1. The molecule has 1 N–H and O–H groups in total. The molecule has 0 unspecified atom stereocenters. The molecule has 0 saturated carbocycles. The van der Waals surface area contributed by atoms with Gasteiger partial charge >= 0.3 is 0 Å². The molecule has 1 rings (SSSR count). The van der Waals surface area contributed by atoms with Crippen molar-refractivity contribution in [3.05, 3.63) is 18.3 Å². The molecule has 0 spiro atoms. The first-order chi connectivity index (χ1) is 8.54. The van der Waals surface area contributed by atoms with E-state index in [2.05, 4.69) is 10.3 Å². The van der Waals surface area contributed by atoms with Crippen molar-refractivity contribution < 1.29 is 8.42 Å². The fraction of sp³-hybridized carbons (Fsp3) is 0.583. The summed E-state index contributed by atoms with van der Waals surface area (Å²) in [6, 6.07) is 3.48. The van der Waals surface area contributed by atoms with Crippen LogP contribution in [0.25, 0.3) is 0 Å². The number of rotatable bonds is 7. The summed E-state index contributed by atoms with van der Waals surface area (Å²) < 4.78 is 26.0. The lowest BCUT2D eigenvalue weighted by Crippen LogP contribution is -2.29. The predicted molar refractivity (Wildman–Crippen MR) is 73.1 cm³/mol. The molecule has 0 fully saturated rings. The zero-order chi connectivity index (χ0) is 13.6. The summed E-state index contributed by atoms with van der Waals surface area (Å²) in [6.45, 7) is 5.19. The van der Waals surface area contributed by atoms with Gasteiger partial charge in [-0.25, -0.2) is 13.4 Å². The van der Waals surface area contributed by atoms with Crippen molar-refractivity contribution in [1.29, 1.82) is 0 Å². The van der Waals surface area contributed by atoms with E-state index in [9.17, 15) is 8.42 Å². The molecule has 0 aliphatic carbocycles. The lowest BCUT2D eigenvalue weighted by Gasteiger charge is -2.18. The zero-order valence-corrected chi connectivity index (χ0v) is 12.0. The summed E-state index contributed by atoms with van der Waals surface area (Å²) in [4.78, 5) is 4.01. The van der Waals surface area contributed by atoms with Gasteiger partial charge < -0.3 is 5.32 Å². The van der Waals surface area contributed by atoms with Gasteiger partial charge in [-0.2, -0.15) is 4.31 Å². The van der Waals surface area contributed by atoms with Crippen LogP contribution in [-0.2, 0) is 10.0 Å². The van der Waals surface area contributed by atoms with E-state index in [1.165, 1.54) is 10.5 Å². The highest BCUT2D eigenvalue weighted by Crippen LogP contribution is 2.21. The minimum Gasteiger partial charge on any atom is -0.383 e. The quantitative estimate of drug-likeness (QED) is 0.823. The summed E-state index contributed by atoms with van der Waals surface area (Å²) in [5.41, 5.74) is 0.572. The standard InChI is InChI=1S/C12H21N3O2S/c1-4-8-13-11-7-6-9-14-12(11)18(16,17)15(3)10-5-2/h6-7,9,13H,4-5,8,10H2,1-3H3. The van der Waals surface area contributed by atoms with Crippen molar-refractivity contribution in [3.8, 4) is 0 Å². The van der Waals surface area contributed by atoms with E-state index in [0.717, 1.165) is 19.4 Å². The second-order valence-electron chi connectivity index (χ2n) is 4.11. The first-order valence-electron chi connectivity index (χ1n) is 6.19. The number of sulfonamides is 1. The minimum absolute atomic E-state index is 0.106. The molecule has 102 valence electrons. The molecule has 0 atom stereocenters. The Morgan fingerprint density at radius 1 is 1.33 bits per heavy atom. The molecule has 1 aromatic heterocycles. The Morgan fingerprint density at radius 2 is 2.06 bits per heavy atom. The Balaban J connectivity index is 3.07. The van der Waals surface area contributed by atoms with E-state index in [0.29, 0.717) is 12.2 Å². The van der Waals surface area contributed by atoms with E-state index in [1.807, 2.05) is 13.8 Å². The van der Waals surface area contributed by atoms with E-state index in [4.69, 9.17) is 0 Å². The summed E-state index contributed by atoms with van der Waals surface area (Å²) in [5.74, 6) is 0. The molecule has 0 radical (unpaired) electrons. The SMILES string of the molecule is CCCNc1cccnc1S(=O)(=O)N(C)CCC. The highest BCUT2D eigenvalue weighted by molar-refractivity contribution is 7.89. The van der Waals surface area contributed by atoms with Gasteiger partial charge in [-0.05, 0) is 25.0 Å². The number of aromatic nitrogens is 1. The minimum atomic E-state index is -3.50. The molecule has 1 aromatic rings. The normalized spacial score (nSPS) is 11.8. The van der Waals surface area contributed by atoms with Gasteiger partial charge in [0, 0.05) is 26.3 Å². The van der Waals surface area contributed by atoms with Crippen LogP contribution in [0.4, 0.5) is 5.69 Å². The number of pyridine rings is 1. The lowest BCUT2D eigenvalue weighted by molar-refractivity contribution is 0.466. The highest BCUT2D eigenvalue weighted by Gasteiger charge is 2.24. The van der Waals surface area contributed by atoms with E-state index >= 15 is 0 Å². The van der Waals surface area contributed by atoms with Gasteiger partial charge in [0.2, 0.25) is 0 Å². The van der Waals surface area contributed by atoms with Gasteiger partial charge in [0.15, 0.2) is 5.03 Å². The topological polar surface area (TPSA) is 62.3 Å². The average molecular weight is 271 g/mol. The highest BCUT2D eigenvalue weighted by atomic mass is 32.2. The number of nitrogens with zero attached hydrogens (tertiary/aromatic N) is 2. The van der Waals surface area contributed by atoms with Gasteiger partial charge in [-0.15, -0.1) is 0 Å². The third-order valence-electron chi connectivity index (χ3n) is 2.53. The Morgan fingerprint density at radius 3 is 2.67 bits per heavy atom. The molecule has 0 saturated heterocycles. The maximum absolute atomic E-state index is 12.3. The Kier molecular flexibility index (Phi) is 5.55. The summed E-state index contributed by atoms with van der Waals surface area (Å²) in [6.07, 6.45) is 3.21. The average Bonchev–Trinajstić information content (AvgIpc) is 2.37. The van der Waals surface area contributed by atoms with Crippen molar-refractivity contribution in [1.82, 2.24) is 9.29 Å².